The summed E-state index contributed by atoms with van der Waals surface area (Å²) in [5.41, 5.74) is 7.33. The molecule has 0 spiro atoms. The topological polar surface area (TPSA) is 51.4 Å². The van der Waals surface area contributed by atoms with Gasteiger partial charge in [0.2, 0.25) is 5.88 Å². The van der Waals surface area contributed by atoms with E-state index in [-0.39, 0.29) is 4.99 Å². The molecule has 0 radical (unpaired) electrons. The van der Waals surface area contributed by atoms with Gasteiger partial charge in [-0.1, -0.05) is 18.3 Å². The molecule has 0 amide bonds. The quantitative estimate of drug-likeness (QED) is 0.868. The number of hydrogen-bond acceptors (Lipinski definition) is 4. The molecule has 0 saturated heterocycles. The molecule has 0 atom stereocenters. The summed E-state index contributed by atoms with van der Waals surface area (Å²) in [6.45, 7) is 0. The van der Waals surface area contributed by atoms with Crippen LogP contribution in [0.1, 0.15) is 5.56 Å². The van der Waals surface area contributed by atoms with Crippen molar-refractivity contribution in [1.29, 1.82) is 0 Å². The Morgan fingerprint density at radius 3 is 2.74 bits per heavy atom. The molecule has 0 saturated carbocycles. The van der Waals surface area contributed by atoms with Crippen LogP contribution < -0.4 is 15.4 Å². The summed E-state index contributed by atoms with van der Waals surface area (Å²) in [6, 6.07) is 11.3. The number of aromatic nitrogens is 1. The summed E-state index contributed by atoms with van der Waals surface area (Å²) < 4.78 is 5.76. The number of ether oxygens (including phenoxy) is 1. The molecular formula is C14H15N3OS. The second-order valence-corrected chi connectivity index (χ2v) is 4.65. The SMILES string of the molecule is CN(C)c1cccc(Oc2ncccc2C(N)=S)c1. The van der Waals surface area contributed by atoms with E-state index in [0.29, 0.717) is 17.2 Å². The van der Waals surface area contributed by atoms with E-state index >= 15 is 0 Å². The average molecular weight is 273 g/mol. The van der Waals surface area contributed by atoms with Crippen LogP contribution in [-0.4, -0.2) is 24.1 Å². The Labute approximate surface area is 117 Å². The van der Waals surface area contributed by atoms with Crippen molar-refractivity contribution in [3.63, 3.8) is 0 Å². The van der Waals surface area contributed by atoms with E-state index < -0.39 is 0 Å². The van der Waals surface area contributed by atoms with Crippen LogP contribution in [0.25, 0.3) is 0 Å². The smallest absolute Gasteiger partial charge is 0.229 e. The van der Waals surface area contributed by atoms with Crippen molar-refractivity contribution < 1.29 is 4.74 Å². The number of nitrogens with zero attached hydrogens (tertiary/aromatic N) is 2. The monoisotopic (exact) mass is 273 g/mol. The van der Waals surface area contributed by atoms with E-state index in [0.717, 1.165) is 5.69 Å². The maximum Gasteiger partial charge on any atom is 0.229 e. The summed E-state index contributed by atoms with van der Waals surface area (Å²) in [5, 5.41) is 0. The highest BCUT2D eigenvalue weighted by Gasteiger charge is 2.08. The maximum atomic E-state index is 5.76. The molecule has 2 rings (SSSR count). The minimum Gasteiger partial charge on any atom is -0.438 e. The summed E-state index contributed by atoms with van der Waals surface area (Å²) in [6.07, 6.45) is 1.65. The van der Waals surface area contributed by atoms with E-state index in [1.807, 2.05) is 43.3 Å². The lowest BCUT2D eigenvalue weighted by molar-refractivity contribution is 0.462. The van der Waals surface area contributed by atoms with Gasteiger partial charge in [-0.2, -0.15) is 0 Å². The molecule has 1 aromatic heterocycles. The summed E-state index contributed by atoms with van der Waals surface area (Å²) in [7, 11) is 3.95. The minimum atomic E-state index is 0.270. The van der Waals surface area contributed by atoms with E-state index in [9.17, 15) is 0 Å². The molecule has 0 aliphatic rings. The van der Waals surface area contributed by atoms with Crippen molar-refractivity contribution >= 4 is 22.9 Å². The van der Waals surface area contributed by atoms with Gasteiger partial charge in [0.1, 0.15) is 10.7 Å². The zero-order chi connectivity index (χ0) is 13.8. The van der Waals surface area contributed by atoms with Crippen LogP contribution in [0.5, 0.6) is 11.6 Å². The molecule has 0 fully saturated rings. The maximum absolute atomic E-state index is 5.76. The number of nitrogens with two attached hydrogens (primary N) is 1. The Morgan fingerprint density at radius 1 is 1.26 bits per heavy atom. The van der Waals surface area contributed by atoms with Gasteiger partial charge in [-0.15, -0.1) is 0 Å². The molecule has 5 heteroatoms. The largest absolute Gasteiger partial charge is 0.438 e. The molecule has 1 aromatic carbocycles. The van der Waals surface area contributed by atoms with Gasteiger partial charge >= 0.3 is 0 Å². The third-order valence-corrected chi connectivity index (χ3v) is 2.81. The van der Waals surface area contributed by atoms with Crippen LogP contribution in [0.15, 0.2) is 42.6 Å². The first-order valence-electron chi connectivity index (χ1n) is 5.78. The van der Waals surface area contributed by atoms with Crippen molar-refractivity contribution in [2.75, 3.05) is 19.0 Å². The lowest BCUT2D eigenvalue weighted by Gasteiger charge is -2.14. The fraction of sp³-hybridized carbons (Fsp3) is 0.143. The van der Waals surface area contributed by atoms with E-state index in [1.165, 1.54) is 0 Å². The highest BCUT2D eigenvalue weighted by atomic mass is 32.1. The third-order valence-electron chi connectivity index (χ3n) is 2.59. The number of pyridine rings is 1. The summed E-state index contributed by atoms with van der Waals surface area (Å²) in [4.78, 5) is 6.44. The Kier molecular flexibility index (Phi) is 3.97. The van der Waals surface area contributed by atoms with Gasteiger partial charge in [0.05, 0.1) is 5.56 Å². The van der Waals surface area contributed by atoms with Crippen LogP contribution in [0.2, 0.25) is 0 Å². The number of anilines is 1. The summed E-state index contributed by atoms with van der Waals surface area (Å²) >= 11 is 4.98. The van der Waals surface area contributed by atoms with Crippen LogP contribution in [0, 0.1) is 0 Å². The molecule has 0 aliphatic carbocycles. The predicted molar refractivity (Wildman–Crippen MR) is 81.0 cm³/mol. The van der Waals surface area contributed by atoms with Crippen molar-refractivity contribution in [3.8, 4) is 11.6 Å². The predicted octanol–water partition coefficient (Wildman–Crippen LogP) is 2.57. The average Bonchev–Trinajstić information content (AvgIpc) is 2.39. The van der Waals surface area contributed by atoms with E-state index in [4.69, 9.17) is 22.7 Å². The molecule has 19 heavy (non-hydrogen) atoms. The molecule has 0 bridgehead atoms. The highest BCUT2D eigenvalue weighted by molar-refractivity contribution is 7.80. The molecule has 1 heterocycles. The lowest BCUT2D eigenvalue weighted by Crippen LogP contribution is -2.11. The first-order chi connectivity index (χ1) is 9.08. The van der Waals surface area contributed by atoms with Gasteiger partial charge in [0.15, 0.2) is 0 Å². The number of hydrogen-bond donors (Lipinski definition) is 1. The highest BCUT2D eigenvalue weighted by Crippen LogP contribution is 2.26. The molecule has 2 aromatic rings. The van der Waals surface area contributed by atoms with Crippen LogP contribution in [-0.2, 0) is 0 Å². The van der Waals surface area contributed by atoms with Crippen molar-refractivity contribution in [2.45, 2.75) is 0 Å². The van der Waals surface area contributed by atoms with Gasteiger partial charge in [0, 0.05) is 32.0 Å². The fourth-order valence-electron chi connectivity index (χ4n) is 1.60. The first kappa shape index (κ1) is 13.3. The first-order valence-corrected chi connectivity index (χ1v) is 6.19. The lowest BCUT2D eigenvalue weighted by atomic mass is 10.2. The molecule has 0 aliphatic heterocycles. The Bertz CT molecular complexity index is 599. The van der Waals surface area contributed by atoms with Crippen molar-refractivity contribution in [3.05, 3.63) is 48.2 Å². The second-order valence-electron chi connectivity index (χ2n) is 4.21. The van der Waals surface area contributed by atoms with Crippen LogP contribution in [0.4, 0.5) is 5.69 Å². The standard InChI is InChI=1S/C14H15N3OS/c1-17(2)10-5-3-6-11(9-10)18-14-12(13(15)19)7-4-8-16-14/h3-9H,1-2H3,(H2,15,19). The van der Waals surface area contributed by atoms with Crippen molar-refractivity contribution in [2.24, 2.45) is 5.73 Å². The normalized spacial score (nSPS) is 10.0. The van der Waals surface area contributed by atoms with Crippen LogP contribution >= 0.6 is 12.2 Å². The van der Waals surface area contributed by atoms with Gasteiger partial charge < -0.3 is 15.4 Å². The Hall–Kier alpha value is -2.14. The third kappa shape index (κ3) is 3.20. The zero-order valence-electron chi connectivity index (χ0n) is 10.8. The van der Waals surface area contributed by atoms with E-state index in [2.05, 4.69) is 4.98 Å². The number of thiocarbonyl (C=S) groups is 1. The molecule has 2 N–H and O–H groups in total. The summed E-state index contributed by atoms with van der Waals surface area (Å²) in [5.74, 6) is 1.12. The molecule has 98 valence electrons. The fourth-order valence-corrected chi connectivity index (χ4v) is 1.75. The van der Waals surface area contributed by atoms with Crippen LogP contribution in [0.3, 0.4) is 0 Å². The Balaban J connectivity index is 2.31. The van der Waals surface area contributed by atoms with Gasteiger partial charge in [-0.05, 0) is 24.3 Å². The van der Waals surface area contributed by atoms with Gasteiger partial charge in [-0.25, -0.2) is 4.98 Å². The molecule has 4 nitrogen and oxygen atoms in total. The number of benzene rings is 1. The van der Waals surface area contributed by atoms with Crippen molar-refractivity contribution in [1.82, 2.24) is 4.98 Å². The van der Waals surface area contributed by atoms with E-state index in [1.54, 1.807) is 18.3 Å². The van der Waals surface area contributed by atoms with Gasteiger partial charge in [0.25, 0.3) is 0 Å². The second kappa shape index (κ2) is 5.67. The Morgan fingerprint density at radius 2 is 2.05 bits per heavy atom. The molecular weight excluding hydrogens is 258 g/mol. The minimum absolute atomic E-state index is 0.270. The zero-order valence-corrected chi connectivity index (χ0v) is 11.6. The molecule has 0 unspecified atom stereocenters. The number of rotatable bonds is 4. The van der Waals surface area contributed by atoms with Gasteiger partial charge in [-0.3, -0.25) is 0 Å².